The summed E-state index contributed by atoms with van der Waals surface area (Å²) in [6.07, 6.45) is 16.3. The Bertz CT molecular complexity index is 2470. The second-order valence-electron chi connectivity index (χ2n) is 19.5. The van der Waals surface area contributed by atoms with Crippen LogP contribution in [-0.2, 0) is 62.4 Å². The predicted octanol–water partition coefficient (Wildman–Crippen LogP) is -4.35. The van der Waals surface area contributed by atoms with Gasteiger partial charge in [-0.3, -0.25) is 43.2 Å². The molecule has 22 N–H and O–H groups in total. The molecular formula is C50H81N21O9. The molecule has 440 valence electrons. The molecule has 1 aliphatic heterocycles. The number of primary amides is 1. The third kappa shape index (κ3) is 24.7. The number of hydrogen-bond donors (Lipinski definition) is 17. The molecule has 30 nitrogen and oxygen atoms in total. The van der Waals surface area contributed by atoms with E-state index in [0.29, 0.717) is 62.3 Å². The van der Waals surface area contributed by atoms with Gasteiger partial charge in [0, 0.05) is 106 Å². The second-order valence-corrected chi connectivity index (χ2v) is 19.5. The van der Waals surface area contributed by atoms with Gasteiger partial charge in [0.25, 0.3) is 5.91 Å². The quantitative estimate of drug-likeness (QED) is 0.0190. The Hall–Kier alpha value is -8.09. The van der Waals surface area contributed by atoms with Gasteiger partial charge in [-0.1, -0.05) is 0 Å². The topological polar surface area (TPSA) is 490 Å². The van der Waals surface area contributed by atoms with Gasteiger partial charge in [0.2, 0.25) is 47.3 Å². The lowest BCUT2D eigenvalue weighted by atomic mass is 10.0. The van der Waals surface area contributed by atoms with Crippen LogP contribution in [0.3, 0.4) is 0 Å². The molecule has 8 atom stereocenters. The fourth-order valence-corrected chi connectivity index (χ4v) is 8.29. The summed E-state index contributed by atoms with van der Waals surface area (Å²) >= 11 is 0. The van der Waals surface area contributed by atoms with Gasteiger partial charge in [0.15, 0.2) is 0 Å². The van der Waals surface area contributed by atoms with Crippen molar-refractivity contribution in [1.29, 1.82) is 0 Å². The molecule has 30 heteroatoms. The number of nitrogens with two attached hydrogens (primary N) is 5. The molecule has 3 aromatic rings. The fraction of sp³-hybridized carbons (Fsp3) is 0.580. The molecule has 0 saturated carbocycles. The highest BCUT2D eigenvalue weighted by Crippen LogP contribution is 2.10. The standard InChI is InChI=1S/C50H81N21O9/c1-30(72)68-39(43(55)73)10-2-6-16-63-49(79)41(71-50(80)42(70-47(77)38(54)21-34-25-59-29-67-34)13-5-8-15-61-45(75)36(52)19-32-23-57-27-65-32)12-4-9-17-62-48(78)40(69-46(76)37(53)20-33-24-58-28-66-33)11-3-7-14-60-44(74)35(51)18-31-22-56-26-64-31/h15,22-26,28-29,35-42,57,65H,2-14,16-21,27,51-54H2,1H3,(H2,55,73)(H,56,64)(H,58,66)(H,59,67)(H,60,74)(H,62,78)(H,63,79)(H,68,72)(H,69,76)(H,70,77)(H,71,80)/t35?,36?,37?,38?,39-,40?,41?,42?/m0/s1. The zero-order valence-corrected chi connectivity index (χ0v) is 45.2. The van der Waals surface area contributed by atoms with Crippen molar-refractivity contribution in [2.24, 2.45) is 33.7 Å². The van der Waals surface area contributed by atoms with Crippen LogP contribution in [0.25, 0.3) is 0 Å². The van der Waals surface area contributed by atoms with Crippen molar-refractivity contribution in [3.05, 3.63) is 66.6 Å². The smallest absolute Gasteiger partial charge is 0.262 e. The number of unbranched alkanes of at least 4 members (excludes halogenated alkanes) is 4. The normalized spacial score (nSPS) is 15.0. The van der Waals surface area contributed by atoms with E-state index in [1.54, 1.807) is 18.6 Å². The van der Waals surface area contributed by atoms with Crippen LogP contribution in [0.5, 0.6) is 0 Å². The SMILES string of the molecule is CC(=O)N[C@@H](CCCCNC(=O)C(CCCCNC(=O)C(CCCCNC(=O)C(N)Cc1cnc[nH]1)NC(=O)C(N)Cc1cnc[nH]1)NC(=O)C(CCCC=NC(=O)C(N)CC1=CNCN1)NC(=O)C(N)Cc1cnc[nH]1)C(N)=O. The van der Waals surface area contributed by atoms with Crippen molar-refractivity contribution in [2.75, 3.05) is 26.3 Å². The molecule has 0 aliphatic carbocycles. The van der Waals surface area contributed by atoms with E-state index in [9.17, 15) is 43.2 Å². The highest BCUT2D eigenvalue weighted by atomic mass is 16.2. The molecule has 4 rings (SSSR count). The summed E-state index contributed by atoms with van der Waals surface area (Å²) in [4.78, 5) is 142. The number of nitrogens with one attached hydrogen (secondary N) is 12. The summed E-state index contributed by atoms with van der Waals surface area (Å²) in [6, 6.07) is -7.99. The minimum absolute atomic E-state index is 0.0556. The summed E-state index contributed by atoms with van der Waals surface area (Å²) in [5.74, 6) is -4.96. The van der Waals surface area contributed by atoms with E-state index in [0.717, 1.165) is 5.70 Å². The van der Waals surface area contributed by atoms with Crippen LogP contribution in [0.4, 0.5) is 0 Å². The van der Waals surface area contributed by atoms with Crippen molar-refractivity contribution in [1.82, 2.24) is 77.8 Å². The predicted molar refractivity (Wildman–Crippen MR) is 293 cm³/mol. The van der Waals surface area contributed by atoms with Gasteiger partial charge in [-0.2, -0.15) is 0 Å². The van der Waals surface area contributed by atoms with Crippen LogP contribution in [0.15, 0.2) is 54.5 Å². The number of nitrogens with zero attached hydrogens (tertiary/aromatic N) is 4. The molecule has 7 unspecified atom stereocenters. The third-order valence-electron chi connectivity index (χ3n) is 12.8. The Morgan fingerprint density at radius 2 is 0.963 bits per heavy atom. The Morgan fingerprint density at radius 1 is 0.537 bits per heavy atom. The number of hydrogen-bond acceptors (Lipinski definition) is 18. The summed E-state index contributed by atoms with van der Waals surface area (Å²) < 4.78 is 0. The van der Waals surface area contributed by atoms with Crippen molar-refractivity contribution >= 4 is 59.4 Å². The first kappa shape index (κ1) is 64.4. The highest BCUT2D eigenvalue weighted by molar-refractivity contribution is 5.93. The Labute approximate surface area is 463 Å². The van der Waals surface area contributed by atoms with Crippen molar-refractivity contribution in [3.63, 3.8) is 0 Å². The summed E-state index contributed by atoms with van der Waals surface area (Å²) in [5, 5.41) is 25.3. The Morgan fingerprint density at radius 3 is 1.39 bits per heavy atom. The molecule has 0 bridgehead atoms. The molecule has 0 aromatic carbocycles. The van der Waals surface area contributed by atoms with Crippen LogP contribution >= 0.6 is 0 Å². The summed E-state index contributed by atoms with van der Waals surface area (Å²) in [7, 11) is 0. The maximum atomic E-state index is 14.2. The molecular weight excluding hydrogens is 1040 g/mol. The first-order valence-electron chi connectivity index (χ1n) is 26.9. The zero-order chi connectivity index (χ0) is 58.2. The van der Waals surface area contributed by atoms with Crippen molar-refractivity contribution < 1.29 is 43.2 Å². The van der Waals surface area contributed by atoms with Crippen molar-refractivity contribution in [3.8, 4) is 0 Å². The largest absolute Gasteiger partial charge is 0.372 e. The molecule has 9 amide bonds. The number of imidazole rings is 3. The Balaban J connectivity index is 1.40. The molecule has 80 heavy (non-hydrogen) atoms. The van der Waals surface area contributed by atoms with Crippen LogP contribution in [0, 0.1) is 0 Å². The number of carbonyl (C=O) groups is 9. The van der Waals surface area contributed by atoms with Crippen LogP contribution in [0.1, 0.15) is 107 Å². The van der Waals surface area contributed by atoms with Gasteiger partial charge in [-0.15, -0.1) is 0 Å². The van der Waals surface area contributed by atoms with Crippen LogP contribution in [0.2, 0.25) is 0 Å². The monoisotopic (exact) mass is 1120 g/mol. The number of aliphatic imine (C=N–C) groups is 1. The first-order chi connectivity index (χ1) is 38.4. The summed E-state index contributed by atoms with van der Waals surface area (Å²) in [5.41, 5.74) is 32.7. The zero-order valence-electron chi connectivity index (χ0n) is 45.2. The van der Waals surface area contributed by atoms with E-state index in [4.69, 9.17) is 28.7 Å². The molecule has 0 fully saturated rings. The molecule has 0 spiro atoms. The van der Waals surface area contributed by atoms with Gasteiger partial charge in [-0.25, -0.2) is 19.9 Å². The lowest BCUT2D eigenvalue weighted by Gasteiger charge is -2.24. The fourth-order valence-electron chi connectivity index (χ4n) is 8.29. The highest BCUT2D eigenvalue weighted by Gasteiger charge is 2.29. The molecule has 1 aliphatic rings. The third-order valence-corrected chi connectivity index (χ3v) is 12.8. The molecule has 0 saturated heterocycles. The number of aromatic amines is 3. The van der Waals surface area contributed by atoms with Gasteiger partial charge in [0.05, 0.1) is 49.8 Å². The van der Waals surface area contributed by atoms with Crippen LogP contribution < -0.4 is 76.5 Å². The molecule has 3 aromatic heterocycles. The maximum Gasteiger partial charge on any atom is 0.262 e. The average Bonchev–Trinajstić information content (AvgIpc) is 4.30. The Kier molecular flexibility index (Phi) is 28.5. The van der Waals surface area contributed by atoms with Crippen LogP contribution in [-0.4, -0.2) is 164 Å². The lowest BCUT2D eigenvalue weighted by Crippen LogP contribution is -2.56. The van der Waals surface area contributed by atoms with Crippen molar-refractivity contribution in [2.45, 2.75) is 158 Å². The minimum Gasteiger partial charge on any atom is -0.372 e. The number of H-pyrrole nitrogens is 3. The van der Waals surface area contributed by atoms with Gasteiger partial charge in [-0.05, 0) is 77.0 Å². The van der Waals surface area contributed by atoms with Gasteiger partial charge < -0.3 is 91.5 Å². The van der Waals surface area contributed by atoms with E-state index >= 15 is 0 Å². The number of aromatic nitrogens is 6. The van der Waals surface area contributed by atoms with E-state index in [1.807, 2.05) is 0 Å². The minimum atomic E-state index is -1.19. The molecule has 4 heterocycles. The number of rotatable bonds is 39. The molecule has 0 radical (unpaired) electrons. The van der Waals surface area contributed by atoms with E-state index < -0.39 is 95.6 Å². The van der Waals surface area contributed by atoms with E-state index in [-0.39, 0.29) is 89.7 Å². The van der Waals surface area contributed by atoms with E-state index in [1.165, 1.54) is 38.3 Å². The van der Waals surface area contributed by atoms with Gasteiger partial charge in [0.1, 0.15) is 24.2 Å². The van der Waals surface area contributed by atoms with Gasteiger partial charge >= 0.3 is 0 Å². The average molecular weight is 1120 g/mol. The second kappa shape index (κ2) is 35.4. The first-order valence-corrected chi connectivity index (χ1v) is 26.9. The summed E-state index contributed by atoms with van der Waals surface area (Å²) in [6.45, 7) is 2.31. The number of carbonyl (C=O) groups excluding carboxylic acids is 9. The van der Waals surface area contributed by atoms with E-state index in [2.05, 4.69) is 82.7 Å². The maximum absolute atomic E-state index is 14.2. The number of amides is 9. The lowest BCUT2D eigenvalue weighted by molar-refractivity contribution is -0.132.